The van der Waals surface area contributed by atoms with Crippen LogP contribution in [0.25, 0.3) is 0 Å². The van der Waals surface area contributed by atoms with Crippen LogP contribution in [0.15, 0.2) is 0 Å². The van der Waals surface area contributed by atoms with Crippen molar-refractivity contribution >= 4 is 18.3 Å². The second-order valence-corrected chi connectivity index (χ2v) is 3.32. The van der Waals surface area contributed by atoms with Gasteiger partial charge >= 0.3 is 0 Å². The molecule has 2 heterocycles. The topological polar surface area (TPSA) is 35.6 Å². The van der Waals surface area contributed by atoms with E-state index in [0.29, 0.717) is 5.91 Å². The Morgan fingerprint density at radius 2 is 1.85 bits per heavy atom. The molecule has 0 saturated carbocycles. The standard InChI is InChI=1S/C8H15N3O.ClH/c12-8-2-1-5-11(8)10-6-3-9-4-7-10;/h9H,1-7H2;1H. The van der Waals surface area contributed by atoms with Crippen molar-refractivity contribution in [2.45, 2.75) is 12.8 Å². The van der Waals surface area contributed by atoms with Crippen LogP contribution in [0.2, 0.25) is 0 Å². The lowest BCUT2D eigenvalue weighted by atomic mass is 10.4. The number of hydrogen-bond donors (Lipinski definition) is 1. The summed E-state index contributed by atoms with van der Waals surface area (Å²) in [6.07, 6.45) is 1.77. The van der Waals surface area contributed by atoms with Gasteiger partial charge in [-0.05, 0) is 6.42 Å². The van der Waals surface area contributed by atoms with Gasteiger partial charge < -0.3 is 5.32 Å². The Morgan fingerprint density at radius 3 is 2.38 bits per heavy atom. The average molecular weight is 206 g/mol. The molecule has 13 heavy (non-hydrogen) atoms. The third kappa shape index (κ3) is 2.33. The van der Waals surface area contributed by atoms with Crippen LogP contribution in [0.1, 0.15) is 12.8 Å². The van der Waals surface area contributed by atoms with Crippen LogP contribution in [-0.4, -0.2) is 48.6 Å². The highest BCUT2D eigenvalue weighted by molar-refractivity contribution is 5.85. The lowest BCUT2D eigenvalue weighted by molar-refractivity contribution is -0.144. The Morgan fingerprint density at radius 1 is 1.15 bits per heavy atom. The van der Waals surface area contributed by atoms with Crippen molar-refractivity contribution in [3.63, 3.8) is 0 Å². The first-order valence-electron chi connectivity index (χ1n) is 4.64. The molecule has 2 aliphatic heterocycles. The smallest absolute Gasteiger partial charge is 0.236 e. The molecule has 1 amide bonds. The van der Waals surface area contributed by atoms with E-state index in [4.69, 9.17) is 0 Å². The van der Waals surface area contributed by atoms with Crippen molar-refractivity contribution in [2.75, 3.05) is 32.7 Å². The molecule has 0 radical (unpaired) electrons. The summed E-state index contributed by atoms with van der Waals surface area (Å²) in [5.41, 5.74) is 0. The molecule has 0 aromatic heterocycles. The highest BCUT2D eigenvalue weighted by Crippen LogP contribution is 2.12. The lowest BCUT2D eigenvalue weighted by Crippen LogP contribution is -2.52. The minimum absolute atomic E-state index is 0. The molecule has 2 aliphatic rings. The monoisotopic (exact) mass is 205 g/mol. The molecule has 0 spiro atoms. The summed E-state index contributed by atoms with van der Waals surface area (Å²) in [7, 11) is 0. The molecule has 0 atom stereocenters. The van der Waals surface area contributed by atoms with Crippen LogP contribution in [0, 0.1) is 0 Å². The predicted octanol–water partition coefficient (Wildman–Crippen LogP) is -0.149. The SMILES string of the molecule is Cl.O=C1CCCN1N1CCNCC1. The molecule has 0 aromatic carbocycles. The van der Waals surface area contributed by atoms with E-state index < -0.39 is 0 Å². The first-order valence-corrected chi connectivity index (χ1v) is 4.64. The third-order valence-electron chi connectivity index (χ3n) is 2.48. The highest BCUT2D eigenvalue weighted by Gasteiger charge is 2.26. The Labute approximate surface area is 84.6 Å². The van der Waals surface area contributed by atoms with E-state index in [1.807, 2.05) is 5.01 Å². The number of halogens is 1. The van der Waals surface area contributed by atoms with Gasteiger partial charge in [0.25, 0.3) is 0 Å². The van der Waals surface area contributed by atoms with Crippen LogP contribution in [0.4, 0.5) is 0 Å². The number of hydrazine groups is 1. The summed E-state index contributed by atoms with van der Waals surface area (Å²) < 4.78 is 0. The maximum Gasteiger partial charge on any atom is 0.236 e. The first-order chi connectivity index (χ1) is 5.88. The molecule has 76 valence electrons. The van der Waals surface area contributed by atoms with Crippen molar-refractivity contribution in [1.82, 2.24) is 15.3 Å². The molecule has 0 aliphatic carbocycles. The number of hydrogen-bond acceptors (Lipinski definition) is 3. The van der Waals surface area contributed by atoms with Gasteiger partial charge in [-0.3, -0.25) is 9.80 Å². The number of nitrogens with zero attached hydrogens (tertiary/aromatic N) is 2. The van der Waals surface area contributed by atoms with E-state index in [9.17, 15) is 4.79 Å². The number of carbonyl (C=O) groups is 1. The maximum absolute atomic E-state index is 11.3. The molecule has 0 bridgehead atoms. The Balaban J connectivity index is 0.000000845. The third-order valence-corrected chi connectivity index (χ3v) is 2.48. The highest BCUT2D eigenvalue weighted by atomic mass is 35.5. The van der Waals surface area contributed by atoms with Gasteiger partial charge in [0.2, 0.25) is 5.91 Å². The minimum Gasteiger partial charge on any atom is -0.314 e. The number of amides is 1. The van der Waals surface area contributed by atoms with E-state index >= 15 is 0 Å². The van der Waals surface area contributed by atoms with E-state index in [0.717, 1.165) is 45.6 Å². The van der Waals surface area contributed by atoms with Crippen molar-refractivity contribution in [1.29, 1.82) is 0 Å². The molecule has 0 aromatic rings. The molecule has 2 saturated heterocycles. The summed E-state index contributed by atoms with van der Waals surface area (Å²) in [5.74, 6) is 0.303. The average Bonchev–Trinajstić information content (AvgIpc) is 2.53. The number of nitrogens with one attached hydrogen (secondary N) is 1. The summed E-state index contributed by atoms with van der Waals surface area (Å²) >= 11 is 0. The minimum atomic E-state index is 0. The van der Waals surface area contributed by atoms with Crippen LogP contribution in [0.5, 0.6) is 0 Å². The van der Waals surface area contributed by atoms with Gasteiger partial charge in [0.05, 0.1) is 0 Å². The van der Waals surface area contributed by atoms with Crippen molar-refractivity contribution < 1.29 is 4.79 Å². The quantitative estimate of drug-likeness (QED) is 0.647. The van der Waals surface area contributed by atoms with E-state index in [1.54, 1.807) is 0 Å². The molecule has 2 rings (SSSR count). The van der Waals surface area contributed by atoms with Gasteiger partial charge in [-0.25, -0.2) is 5.01 Å². The zero-order valence-electron chi connectivity index (χ0n) is 7.66. The Hall–Kier alpha value is -0.320. The summed E-state index contributed by atoms with van der Waals surface area (Å²) in [6, 6.07) is 0. The largest absolute Gasteiger partial charge is 0.314 e. The summed E-state index contributed by atoms with van der Waals surface area (Å²) in [6.45, 7) is 4.89. The number of rotatable bonds is 1. The fraction of sp³-hybridized carbons (Fsp3) is 0.875. The van der Waals surface area contributed by atoms with Crippen molar-refractivity contribution in [3.05, 3.63) is 0 Å². The molecular formula is C8H16ClN3O. The van der Waals surface area contributed by atoms with Crippen LogP contribution >= 0.6 is 12.4 Å². The van der Waals surface area contributed by atoms with Gasteiger partial charge in [-0.15, -0.1) is 12.4 Å². The maximum atomic E-state index is 11.3. The normalized spacial score (nSPS) is 24.6. The van der Waals surface area contributed by atoms with Gasteiger partial charge in [-0.2, -0.15) is 0 Å². The van der Waals surface area contributed by atoms with Gasteiger partial charge in [0, 0.05) is 39.1 Å². The predicted molar refractivity (Wildman–Crippen MR) is 52.6 cm³/mol. The van der Waals surface area contributed by atoms with Gasteiger partial charge in [-0.1, -0.05) is 0 Å². The second-order valence-electron chi connectivity index (χ2n) is 3.32. The molecular weight excluding hydrogens is 190 g/mol. The van der Waals surface area contributed by atoms with Crippen molar-refractivity contribution in [3.8, 4) is 0 Å². The first kappa shape index (κ1) is 10.8. The van der Waals surface area contributed by atoms with Crippen LogP contribution < -0.4 is 5.32 Å². The molecule has 4 nitrogen and oxygen atoms in total. The molecule has 0 unspecified atom stereocenters. The van der Waals surface area contributed by atoms with Crippen molar-refractivity contribution in [2.24, 2.45) is 0 Å². The van der Waals surface area contributed by atoms with E-state index in [2.05, 4.69) is 10.3 Å². The molecule has 5 heteroatoms. The Kier molecular flexibility index (Phi) is 3.96. The van der Waals surface area contributed by atoms with E-state index in [1.165, 1.54) is 0 Å². The Bertz CT molecular complexity index is 182. The van der Waals surface area contributed by atoms with Gasteiger partial charge in [0.1, 0.15) is 0 Å². The number of piperazine rings is 1. The fourth-order valence-corrected chi connectivity index (χ4v) is 1.83. The second kappa shape index (κ2) is 4.79. The molecule has 2 fully saturated rings. The summed E-state index contributed by atoms with van der Waals surface area (Å²) in [5, 5.41) is 7.36. The van der Waals surface area contributed by atoms with Crippen LogP contribution in [0.3, 0.4) is 0 Å². The van der Waals surface area contributed by atoms with Gasteiger partial charge in [0.15, 0.2) is 0 Å². The summed E-state index contributed by atoms with van der Waals surface area (Å²) in [4.78, 5) is 11.3. The zero-order chi connectivity index (χ0) is 8.39. The van der Waals surface area contributed by atoms with E-state index in [-0.39, 0.29) is 12.4 Å². The number of carbonyl (C=O) groups excluding carboxylic acids is 1. The molecule has 1 N–H and O–H groups in total. The van der Waals surface area contributed by atoms with Crippen LogP contribution in [-0.2, 0) is 4.79 Å². The zero-order valence-corrected chi connectivity index (χ0v) is 8.48. The fourth-order valence-electron chi connectivity index (χ4n) is 1.83. The lowest BCUT2D eigenvalue weighted by Gasteiger charge is -2.34.